The van der Waals surface area contributed by atoms with Gasteiger partial charge in [0, 0.05) is 19.0 Å². The highest BCUT2D eigenvalue weighted by atomic mass is 19.1. The lowest BCUT2D eigenvalue weighted by Gasteiger charge is -2.32. The number of nitrogens with zero attached hydrogens (tertiary/aromatic N) is 1. The molecular formula is C29H33FN2O3. The van der Waals surface area contributed by atoms with Crippen LogP contribution in [-0.4, -0.2) is 35.9 Å². The predicted molar refractivity (Wildman–Crippen MR) is 135 cm³/mol. The number of halogens is 1. The summed E-state index contributed by atoms with van der Waals surface area (Å²) in [6, 6.07) is 22.3. The Morgan fingerprint density at radius 3 is 2.29 bits per heavy atom. The SMILES string of the molecule is CCC(C)NC(=O)C(Cc1ccccc1)N(Cc1cccc(OC)c1)C(=O)Cc1ccc(F)cc1. The van der Waals surface area contributed by atoms with Gasteiger partial charge < -0.3 is 15.0 Å². The van der Waals surface area contributed by atoms with Gasteiger partial charge in [0.25, 0.3) is 0 Å². The molecule has 0 aromatic heterocycles. The van der Waals surface area contributed by atoms with E-state index >= 15 is 0 Å². The van der Waals surface area contributed by atoms with Crippen LogP contribution in [0, 0.1) is 5.82 Å². The van der Waals surface area contributed by atoms with Gasteiger partial charge in [-0.15, -0.1) is 0 Å². The summed E-state index contributed by atoms with van der Waals surface area (Å²) in [6.07, 6.45) is 1.22. The highest BCUT2D eigenvalue weighted by Gasteiger charge is 2.31. The van der Waals surface area contributed by atoms with Gasteiger partial charge in [0.2, 0.25) is 11.8 Å². The quantitative estimate of drug-likeness (QED) is 0.427. The van der Waals surface area contributed by atoms with Crippen molar-refractivity contribution >= 4 is 11.8 Å². The maximum Gasteiger partial charge on any atom is 0.243 e. The summed E-state index contributed by atoms with van der Waals surface area (Å²) in [5.41, 5.74) is 2.50. The van der Waals surface area contributed by atoms with E-state index in [2.05, 4.69) is 5.32 Å². The van der Waals surface area contributed by atoms with Gasteiger partial charge >= 0.3 is 0 Å². The van der Waals surface area contributed by atoms with Crippen molar-refractivity contribution in [2.24, 2.45) is 0 Å². The first-order chi connectivity index (χ1) is 16.9. The van der Waals surface area contributed by atoms with Crippen molar-refractivity contribution in [2.45, 2.75) is 51.7 Å². The molecule has 0 saturated carbocycles. The van der Waals surface area contributed by atoms with Crippen molar-refractivity contribution < 1.29 is 18.7 Å². The van der Waals surface area contributed by atoms with E-state index in [1.165, 1.54) is 12.1 Å². The van der Waals surface area contributed by atoms with Crippen LogP contribution in [0.3, 0.4) is 0 Å². The molecule has 0 aliphatic carbocycles. The van der Waals surface area contributed by atoms with E-state index in [0.29, 0.717) is 17.7 Å². The minimum Gasteiger partial charge on any atom is -0.497 e. The molecule has 0 heterocycles. The van der Waals surface area contributed by atoms with Crippen LogP contribution in [-0.2, 0) is 29.0 Å². The van der Waals surface area contributed by atoms with Crippen LogP contribution in [0.4, 0.5) is 4.39 Å². The molecule has 2 unspecified atom stereocenters. The first kappa shape index (κ1) is 25.9. The first-order valence-corrected chi connectivity index (χ1v) is 11.9. The fourth-order valence-corrected chi connectivity index (χ4v) is 3.84. The zero-order valence-corrected chi connectivity index (χ0v) is 20.5. The third-order valence-electron chi connectivity index (χ3n) is 6.03. The van der Waals surface area contributed by atoms with Gasteiger partial charge in [-0.2, -0.15) is 0 Å². The van der Waals surface area contributed by atoms with Crippen LogP contribution in [0.1, 0.15) is 37.0 Å². The Bertz CT molecular complexity index is 1100. The van der Waals surface area contributed by atoms with Crippen LogP contribution in [0.2, 0.25) is 0 Å². The predicted octanol–water partition coefficient (Wildman–Crippen LogP) is 4.93. The maximum atomic E-state index is 13.7. The molecule has 0 bridgehead atoms. The second-order valence-corrected chi connectivity index (χ2v) is 8.70. The van der Waals surface area contributed by atoms with Crippen LogP contribution in [0.5, 0.6) is 5.75 Å². The van der Waals surface area contributed by atoms with Gasteiger partial charge in [0.05, 0.1) is 13.5 Å². The van der Waals surface area contributed by atoms with E-state index in [-0.39, 0.29) is 36.6 Å². The number of nitrogens with one attached hydrogen (secondary N) is 1. The summed E-state index contributed by atoms with van der Waals surface area (Å²) in [5.74, 6) is -0.0837. The van der Waals surface area contributed by atoms with Gasteiger partial charge in [-0.1, -0.05) is 61.5 Å². The molecule has 0 radical (unpaired) electrons. The van der Waals surface area contributed by atoms with Crippen molar-refractivity contribution in [3.63, 3.8) is 0 Å². The van der Waals surface area contributed by atoms with E-state index in [1.54, 1.807) is 24.1 Å². The number of ether oxygens (including phenoxy) is 1. The largest absolute Gasteiger partial charge is 0.497 e. The molecule has 5 nitrogen and oxygen atoms in total. The summed E-state index contributed by atoms with van der Waals surface area (Å²) in [7, 11) is 1.59. The van der Waals surface area contributed by atoms with Crippen molar-refractivity contribution in [3.05, 3.63) is 101 Å². The summed E-state index contributed by atoms with van der Waals surface area (Å²) < 4.78 is 18.8. The Labute approximate surface area is 206 Å². The third kappa shape index (κ3) is 7.67. The first-order valence-electron chi connectivity index (χ1n) is 11.9. The van der Waals surface area contributed by atoms with Crippen LogP contribution < -0.4 is 10.1 Å². The van der Waals surface area contributed by atoms with Gasteiger partial charge in [0.1, 0.15) is 17.6 Å². The van der Waals surface area contributed by atoms with E-state index in [9.17, 15) is 14.0 Å². The van der Waals surface area contributed by atoms with Crippen LogP contribution >= 0.6 is 0 Å². The number of hydrogen-bond donors (Lipinski definition) is 1. The normalized spacial score (nSPS) is 12.5. The smallest absolute Gasteiger partial charge is 0.243 e. The Balaban J connectivity index is 1.97. The van der Waals surface area contributed by atoms with E-state index in [0.717, 1.165) is 17.5 Å². The number of carbonyl (C=O) groups excluding carboxylic acids is 2. The average Bonchev–Trinajstić information content (AvgIpc) is 2.88. The molecule has 0 aliphatic heterocycles. The summed E-state index contributed by atoms with van der Waals surface area (Å²) in [4.78, 5) is 28.8. The molecule has 6 heteroatoms. The summed E-state index contributed by atoms with van der Waals surface area (Å²) >= 11 is 0. The minimum atomic E-state index is -0.717. The van der Waals surface area contributed by atoms with Crippen LogP contribution in [0.25, 0.3) is 0 Å². The molecule has 1 N–H and O–H groups in total. The molecule has 184 valence electrons. The maximum absolute atomic E-state index is 13.7. The van der Waals surface area contributed by atoms with Crippen molar-refractivity contribution in [1.82, 2.24) is 10.2 Å². The molecule has 3 aromatic carbocycles. The standard InChI is InChI=1S/C29H33FN2O3/c1-4-21(2)31-29(34)27(18-22-9-6-5-7-10-22)32(20-24-11-8-12-26(17-24)35-3)28(33)19-23-13-15-25(30)16-14-23/h5-17,21,27H,4,18-20H2,1-3H3,(H,31,34). The van der Waals surface area contributed by atoms with Gasteiger partial charge in [-0.3, -0.25) is 9.59 Å². The lowest BCUT2D eigenvalue weighted by atomic mass is 10.0. The van der Waals surface area contributed by atoms with Crippen molar-refractivity contribution in [2.75, 3.05) is 7.11 Å². The lowest BCUT2D eigenvalue weighted by Crippen LogP contribution is -2.52. The highest BCUT2D eigenvalue weighted by molar-refractivity contribution is 5.89. The monoisotopic (exact) mass is 476 g/mol. The van der Waals surface area contributed by atoms with E-state index in [1.807, 2.05) is 68.4 Å². The van der Waals surface area contributed by atoms with Crippen molar-refractivity contribution in [3.8, 4) is 5.75 Å². The number of hydrogen-bond acceptors (Lipinski definition) is 3. The third-order valence-corrected chi connectivity index (χ3v) is 6.03. The molecule has 0 aliphatic rings. The second-order valence-electron chi connectivity index (χ2n) is 8.70. The molecule has 3 rings (SSSR count). The Hall–Kier alpha value is -3.67. The van der Waals surface area contributed by atoms with Gasteiger partial charge in [-0.05, 0) is 54.3 Å². The Morgan fingerprint density at radius 2 is 1.63 bits per heavy atom. The molecule has 2 amide bonds. The number of rotatable bonds is 11. The molecule has 2 atom stereocenters. The number of carbonyl (C=O) groups is 2. The highest BCUT2D eigenvalue weighted by Crippen LogP contribution is 2.20. The molecule has 0 spiro atoms. The van der Waals surface area contributed by atoms with Gasteiger partial charge in [0.15, 0.2) is 0 Å². The van der Waals surface area contributed by atoms with Crippen molar-refractivity contribution in [1.29, 1.82) is 0 Å². The molecular weight excluding hydrogens is 443 g/mol. The Morgan fingerprint density at radius 1 is 0.943 bits per heavy atom. The minimum absolute atomic E-state index is 0.0216. The number of methoxy groups -OCH3 is 1. The van der Waals surface area contributed by atoms with Gasteiger partial charge in [-0.25, -0.2) is 4.39 Å². The molecule has 35 heavy (non-hydrogen) atoms. The second kappa shape index (κ2) is 12.7. The number of benzene rings is 3. The summed E-state index contributed by atoms with van der Waals surface area (Å²) in [5, 5.41) is 3.06. The fourth-order valence-electron chi connectivity index (χ4n) is 3.84. The molecule has 0 fully saturated rings. The van der Waals surface area contributed by atoms with Crippen LogP contribution in [0.15, 0.2) is 78.9 Å². The summed E-state index contributed by atoms with van der Waals surface area (Å²) in [6.45, 7) is 4.19. The zero-order chi connectivity index (χ0) is 25.2. The lowest BCUT2D eigenvalue weighted by molar-refractivity contribution is -0.141. The van der Waals surface area contributed by atoms with E-state index < -0.39 is 6.04 Å². The molecule has 3 aromatic rings. The fraction of sp³-hybridized carbons (Fsp3) is 0.310. The topological polar surface area (TPSA) is 58.6 Å². The zero-order valence-electron chi connectivity index (χ0n) is 20.5. The van der Waals surface area contributed by atoms with E-state index in [4.69, 9.17) is 4.74 Å². The average molecular weight is 477 g/mol. The Kier molecular flexibility index (Phi) is 9.41. The number of amides is 2. The molecule has 0 saturated heterocycles.